The summed E-state index contributed by atoms with van der Waals surface area (Å²) in [6, 6.07) is 0. The van der Waals surface area contributed by atoms with Gasteiger partial charge in [-0.3, -0.25) is 24.2 Å². The largest absolute Gasteiger partial charge is 0.480 e. The number of carbonyl (C=O) groups excluding carboxylic acids is 1. The van der Waals surface area contributed by atoms with Gasteiger partial charge >= 0.3 is 11.9 Å². The van der Waals surface area contributed by atoms with Crippen molar-refractivity contribution in [2.24, 2.45) is 0 Å². The van der Waals surface area contributed by atoms with Crippen LogP contribution in [0.1, 0.15) is 0 Å². The summed E-state index contributed by atoms with van der Waals surface area (Å²) in [4.78, 5) is 33.7. The molecule has 0 aromatic rings. The SMILES string of the molecule is O=C(O)CN(CC(=O)O)CC(=O)N(CO)CO. The highest BCUT2D eigenvalue weighted by Crippen LogP contribution is 1.93. The Kier molecular flexibility index (Phi) is 6.79. The van der Waals surface area contributed by atoms with E-state index in [0.717, 1.165) is 4.90 Å². The molecule has 0 aliphatic carbocycles. The molecule has 1 amide bonds. The lowest BCUT2D eigenvalue weighted by molar-refractivity contribution is -0.145. The van der Waals surface area contributed by atoms with E-state index < -0.39 is 50.9 Å². The van der Waals surface area contributed by atoms with Crippen LogP contribution < -0.4 is 0 Å². The first-order valence-corrected chi connectivity index (χ1v) is 4.56. The zero-order valence-corrected chi connectivity index (χ0v) is 8.94. The lowest BCUT2D eigenvalue weighted by atomic mass is 10.4. The minimum Gasteiger partial charge on any atom is -0.480 e. The van der Waals surface area contributed by atoms with E-state index in [1.165, 1.54) is 0 Å². The number of carboxylic acid groups (broad SMARTS) is 2. The molecule has 4 N–H and O–H groups in total. The van der Waals surface area contributed by atoms with Crippen molar-refractivity contribution >= 4 is 17.8 Å². The molecule has 0 spiro atoms. The zero-order chi connectivity index (χ0) is 13.4. The van der Waals surface area contributed by atoms with Crippen LogP contribution in [0.5, 0.6) is 0 Å². The van der Waals surface area contributed by atoms with E-state index in [-0.39, 0.29) is 0 Å². The van der Waals surface area contributed by atoms with Gasteiger partial charge in [-0.1, -0.05) is 0 Å². The number of aliphatic carboxylic acids is 2. The van der Waals surface area contributed by atoms with E-state index in [1.54, 1.807) is 0 Å². The highest BCUT2D eigenvalue weighted by atomic mass is 16.4. The van der Waals surface area contributed by atoms with Crippen molar-refractivity contribution in [1.82, 2.24) is 9.80 Å². The van der Waals surface area contributed by atoms with E-state index in [0.29, 0.717) is 4.90 Å². The summed E-state index contributed by atoms with van der Waals surface area (Å²) in [5, 5.41) is 34.3. The van der Waals surface area contributed by atoms with E-state index in [4.69, 9.17) is 20.4 Å². The van der Waals surface area contributed by atoms with Crippen LogP contribution in [-0.4, -0.2) is 81.2 Å². The molecule has 0 rings (SSSR count). The maximum Gasteiger partial charge on any atom is 0.317 e. The van der Waals surface area contributed by atoms with Gasteiger partial charge in [-0.25, -0.2) is 0 Å². The number of carbonyl (C=O) groups is 3. The van der Waals surface area contributed by atoms with Gasteiger partial charge in [0.1, 0.15) is 13.5 Å². The summed E-state index contributed by atoms with van der Waals surface area (Å²) in [6.07, 6.45) is 0. The molecule has 0 bridgehead atoms. The summed E-state index contributed by atoms with van der Waals surface area (Å²) >= 11 is 0. The molecule has 98 valence electrons. The molecule has 0 radical (unpaired) electrons. The predicted octanol–water partition coefficient (Wildman–Crippen LogP) is -2.81. The maximum absolute atomic E-state index is 11.4. The molecule has 9 heteroatoms. The third kappa shape index (κ3) is 6.45. The fourth-order valence-corrected chi connectivity index (χ4v) is 1.04. The van der Waals surface area contributed by atoms with Crippen LogP contribution in [0.25, 0.3) is 0 Å². The smallest absolute Gasteiger partial charge is 0.317 e. The van der Waals surface area contributed by atoms with Crippen LogP contribution in [0.15, 0.2) is 0 Å². The number of nitrogens with zero attached hydrogens (tertiary/aromatic N) is 2. The maximum atomic E-state index is 11.4. The van der Waals surface area contributed by atoms with Crippen LogP contribution in [-0.2, 0) is 14.4 Å². The summed E-state index contributed by atoms with van der Waals surface area (Å²) in [5.74, 6) is -3.32. The first-order valence-electron chi connectivity index (χ1n) is 4.56. The van der Waals surface area contributed by atoms with Crippen LogP contribution in [0, 0.1) is 0 Å². The lowest BCUT2D eigenvalue weighted by Crippen LogP contribution is -2.44. The summed E-state index contributed by atoms with van der Waals surface area (Å²) in [5.41, 5.74) is 0. The molecule has 0 aromatic heterocycles. The first-order chi connectivity index (χ1) is 7.90. The molecule has 0 saturated carbocycles. The third-order valence-corrected chi connectivity index (χ3v) is 1.77. The van der Waals surface area contributed by atoms with Crippen molar-refractivity contribution in [2.45, 2.75) is 0 Å². The van der Waals surface area contributed by atoms with Gasteiger partial charge in [0.05, 0.1) is 19.6 Å². The highest BCUT2D eigenvalue weighted by molar-refractivity contribution is 5.80. The molecular weight excluding hydrogens is 236 g/mol. The van der Waals surface area contributed by atoms with Crippen molar-refractivity contribution in [1.29, 1.82) is 0 Å². The summed E-state index contributed by atoms with van der Waals surface area (Å²) < 4.78 is 0. The Bertz CT molecular complexity index is 274. The molecule has 17 heavy (non-hydrogen) atoms. The van der Waals surface area contributed by atoms with Crippen molar-refractivity contribution in [3.05, 3.63) is 0 Å². The second kappa shape index (κ2) is 7.54. The monoisotopic (exact) mass is 250 g/mol. The Morgan fingerprint density at radius 1 is 0.824 bits per heavy atom. The van der Waals surface area contributed by atoms with E-state index >= 15 is 0 Å². The van der Waals surface area contributed by atoms with Crippen LogP contribution in [0.2, 0.25) is 0 Å². The van der Waals surface area contributed by atoms with Gasteiger partial charge in [-0.15, -0.1) is 0 Å². The van der Waals surface area contributed by atoms with Crippen molar-refractivity contribution in [3.63, 3.8) is 0 Å². The number of hydrogen-bond acceptors (Lipinski definition) is 6. The molecule has 0 atom stereocenters. The average molecular weight is 250 g/mol. The van der Waals surface area contributed by atoms with Gasteiger partial charge in [-0.05, 0) is 0 Å². The molecule has 0 heterocycles. The Morgan fingerprint density at radius 2 is 1.24 bits per heavy atom. The number of amides is 1. The molecule has 0 fully saturated rings. The molecule has 9 nitrogen and oxygen atoms in total. The van der Waals surface area contributed by atoms with Crippen LogP contribution >= 0.6 is 0 Å². The Hall–Kier alpha value is -1.71. The Morgan fingerprint density at radius 3 is 1.53 bits per heavy atom. The van der Waals surface area contributed by atoms with E-state index in [9.17, 15) is 14.4 Å². The number of aliphatic hydroxyl groups is 2. The van der Waals surface area contributed by atoms with Gasteiger partial charge < -0.3 is 20.4 Å². The second-order valence-electron chi connectivity index (χ2n) is 3.15. The molecule has 0 aromatic carbocycles. The van der Waals surface area contributed by atoms with Gasteiger partial charge in [0.2, 0.25) is 5.91 Å². The van der Waals surface area contributed by atoms with Gasteiger partial charge in [0.15, 0.2) is 0 Å². The second-order valence-corrected chi connectivity index (χ2v) is 3.15. The van der Waals surface area contributed by atoms with Gasteiger partial charge in [0, 0.05) is 0 Å². The average Bonchev–Trinajstić information content (AvgIpc) is 2.16. The van der Waals surface area contributed by atoms with Crippen molar-refractivity contribution in [3.8, 4) is 0 Å². The molecule has 0 unspecified atom stereocenters. The fourth-order valence-electron chi connectivity index (χ4n) is 1.04. The minimum atomic E-state index is -1.28. The highest BCUT2D eigenvalue weighted by Gasteiger charge is 2.20. The fraction of sp³-hybridized carbons (Fsp3) is 0.625. The zero-order valence-electron chi connectivity index (χ0n) is 8.94. The minimum absolute atomic E-state index is 0.514. The Balaban J connectivity index is 4.45. The quantitative estimate of drug-likeness (QED) is 0.338. The third-order valence-electron chi connectivity index (χ3n) is 1.77. The van der Waals surface area contributed by atoms with E-state index in [1.807, 2.05) is 0 Å². The van der Waals surface area contributed by atoms with Crippen molar-refractivity contribution in [2.75, 3.05) is 33.1 Å². The van der Waals surface area contributed by atoms with Crippen molar-refractivity contribution < 1.29 is 34.8 Å². The molecule has 0 aliphatic heterocycles. The standard InChI is InChI=1S/C8H14N2O7/c11-4-10(5-12)6(13)1-9(2-7(14)15)3-8(16)17/h11-12H,1-5H2,(H,14,15)(H,16,17). The lowest BCUT2D eigenvalue weighted by Gasteiger charge is -2.22. The number of rotatable bonds is 8. The Labute approximate surface area is 96.5 Å². The van der Waals surface area contributed by atoms with Crippen LogP contribution in [0.3, 0.4) is 0 Å². The van der Waals surface area contributed by atoms with Crippen LogP contribution in [0.4, 0.5) is 0 Å². The summed E-state index contributed by atoms with van der Waals surface area (Å²) in [7, 11) is 0. The van der Waals surface area contributed by atoms with E-state index in [2.05, 4.69) is 0 Å². The number of hydrogen-bond donors (Lipinski definition) is 4. The normalized spacial score (nSPS) is 10.3. The molecule has 0 aliphatic rings. The van der Waals surface area contributed by atoms with Gasteiger partial charge in [0.25, 0.3) is 0 Å². The number of aliphatic hydroxyl groups excluding tert-OH is 2. The van der Waals surface area contributed by atoms with Gasteiger partial charge in [-0.2, -0.15) is 0 Å². The first kappa shape index (κ1) is 15.3. The predicted molar refractivity (Wildman–Crippen MR) is 52.7 cm³/mol. The molecule has 0 saturated heterocycles. The summed E-state index contributed by atoms with van der Waals surface area (Å²) in [6.45, 7) is -3.22. The topological polar surface area (TPSA) is 139 Å². The number of carboxylic acids is 2. The molecular formula is C8H14N2O7.